The number of hydrogen-bond donors (Lipinski definition) is 1. The molecule has 3 heteroatoms. The van der Waals surface area contributed by atoms with E-state index in [0.717, 1.165) is 35.7 Å². The van der Waals surface area contributed by atoms with Gasteiger partial charge in [0.25, 0.3) is 0 Å². The van der Waals surface area contributed by atoms with Crippen molar-refractivity contribution in [1.29, 1.82) is 0 Å². The summed E-state index contributed by atoms with van der Waals surface area (Å²) in [6.45, 7) is 4.43. The molecule has 0 bridgehead atoms. The molecule has 0 amide bonds. The second-order valence-corrected chi connectivity index (χ2v) is 6.66. The topological polar surface area (TPSA) is 26.0 Å². The predicted octanol–water partition coefficient (Wildman–Crippen LogP) is 4.04. The molecular formula is C14H19BrFN. The Balaban J connectivity index is 2.29. The van der Waals surface area contributed by atoms with Crippen LogP contribution in [-0.2, 0) is 6.42 Å². The van der Waals surface area contributed by atoms with Gasteiger partial charge in [0.05, 0.1) is 0 Å². The highest BCUT2D eigenvalue weighted by atomic mass is 79.9. The average Bonchev–Trinajstić information content (AvgIpc) is 2.47. The summed E-state index contributed by atoms with van der Waals surface area (Å²) in [5.74, 6) is -0.192. The first-order valence-electron chi connectivity index (χ1n) is 6.07. The summed E-state index contributed by atoms with van der Waals surface area (Å²) in [5, 5.41) is 0. The van der Waals surface area contributed by atoms with Crippen molar-refractivity contribution in [2.45, 2.75) is 45.1 Å². The molecule has 0 heterocycles. The monoisotopic (exact) mass is 299 g/mol. The molecule has 1 aromatic carbocycles. The van der Waals surface area contributed by atoms with Gasteiger partial charge in [-0.2, -0.15) is 0 Å². The van der Waals surface area contributed by atoms with Crippen molar-refractivity contribution in [3.8, 4) is 0 Å². The third-order valence-electron chi connectivity index (χ3n) is 4.29. The number of hydrogen-bond acceptors (Lipinski definition) is 1. The quantitative estimate of drug-likeness (QED) is 0.876. The molecule has 0 radical (unpaired) electrons. The first-order chi connectivity index (χ1) is 7.84. The minimum absolute atomic E-state index is 0.124. The summed E-state index contributed by atoms with van der Waals surface area (Å²) in [7, 11) is 0. The minimum atomic E-state index is -0.219. The zero-order valence-electron chi connectivity index (χ0n) is 10.4. The van der Waals surface area contributed by atoms with Crippen LogP contribution in [0.3, 0.4) is 0 Å². The molecule has 2 N–H and O–H groups in total. The molecule has 1 nitrogen and oxygen atoms in total. The SMILES string of the molecule is CC1(C)CCCC1(N)Cc1cc(F)ccc1Br. The summed E-state index contributed by atoms with van der Waals surface area (Å²) < 4.78 is 14.2. The lowest BCUT2D eigenvalue weighted by molar-refractivity contribution is 0.206. The summed E-state index contributed by atoms with van der Waals surface area (Å²) >= 11 is 3.48. The summed E-state index contributed by atoms with van der Waals surface area (Å²) in [6, 6.07) is 4.82. The number of benzene rings is 1. The Bertz CT molecular complexity index is 430. The molecular weight excluding hydrogens is 281 g/mol. The molecule has 1 aliphatic rings. The fraction of sp³-hybridized carbons (Fsp3) is 0.571. The first-order valence-corrected chi connectivity index (χ1v) is 6.86. The number of nitrogens with two attached hydrogens (primary N) is 1. The van der Waals surface area contributed by atoms with Crippen LogP contribution in [-0.4, -0.2) is 5.54 Å². The number of halogens is 2. The molecule has 1 aromatic rings. The van der Waals surface area contributed by atoms with E-state index >= 15 is 0 Å². The Morgan fingerprint density at radius 2 is 2.06 bits per heavy atom. The number of rotatable bonds is 2. The van der Waals surface area contributed by atoms with E-state index < -0.39 is 0 Å². The van der Waals surface area contributed by atoms with E-state index in [9.17, 15) is 4.39 Å². The Morgan fingerprint density at radius 3 is 2.65 bits per heavy atom. The molecule has 0 aliphatic heterocycles. The van der Waals surface area contributed by atoms with Crippen LogP contribution >= 0.6 is 15.9 Å². The fourth-order valence-electron chi connectivity index (χ4n) is 2.78. The molecule has 0 saturated heterocycles. The maximum Gasteiger partial charge on any atom is 0.123 e. The molecule has 1 unspecified atom stereocenters. The van der Waals surface area contributed by atoms with E-state index in [1.807, 2.05) is 0 Å². The van der Waals surface area contributed by atoms with Crippen molar-refractivity contribution in [3.63, 3.8) is 0 Å². The van der Waals surface area contributed by atoms with Crippen molar-refractivity contribution in [1.82, 2.24) is 0 Å². The van der Waals surface area contributed by atoms with E-state index in [4.69, 9.17) is 5.73 Å². The largest absolute Gasteiger partial charge is 0.324 e. The predicted molar refractivity (Wildman–Crippen MR) is 72.4 cm³/mol. The zero-order valence-corrected chi connectivity index (χ0v) is 12.0. The van der Waals surface area contributed by atoms with Gasteiger partial charge in [-0.1, -0.05) is 36.2 Å². The van der Waals surface area contributed by atoms with Gasteiger partial charge in [-0.3, -0.25) is 0 Å². The van der Waals surface area contributed by atoms with E-state index in [1.165, 1.54) is 6.07 Å². The lowest BCUT2D eigenvalue weighted by Gasteiger charge is -2.38. The van der Waals surface area contributed by atoms with Gasteiger partial charge >= 0.3 is 0 Å². The molecule has 0 spiro atoms. The average molecular weight is 300 g/mol. The van der Waals surface area contributed by atoms with Crippen LogP contribution in [0.5, 0.6) is 0 Å². The van der Waals surface area contributed by atoms with Crippen molar-refractivity contribution < 1.29 is 4.39 Å². The van der Waals surface area contributed by atoms with Gasteiger partial charge in [-0.25, -0.2) is 4.39 Å². The van der Waals surface area contributed by atoms with Crippen molar-refractivity contribution in [2.75, 3.05) is 0 Å². The molecule has 1 fully saturated rings. The Hall–Kier alpha value is -0.410. The van der Waals surface area contributed by atoms with Crippen LogP contribution in [0.4, 0.5) is 4.39 Å². The lowest BCUT2D eigenvalue weighted by atomic mass is 9.72. The van der Waals surface area contributed by atoms with Crippen LogP contribution in [0.25, 0.3) is 0 Å². The van der Waals surface area contributed by atoms with Gasteiger partial charge in [0.2, 0.25) is 0 Å². The Morgan fingerprint density at radius 1 is 1.35 bits per heavy atom. The van der Waals surface area contributed by atoms with E-state index in [0.29, 0.717) is 0 Å². The summed E-state index contributed by atoms with van der Waals surface area (Å²) in [4.78, 5) is 0. The minimum Gasteiger partial charge on any atom is -0.324 e. The van der Waals surface area contributed by atoms with Gasteiger partial charge in [-0.05, 0) is 48.4 Å². The van der Waals surface area contributed by atoms with E-state index in [1.54, 1.807) is 12.1 Å². The second kappa shape index (κ2) is 4.36. The Kier molecular flexibility index (Phi) is 3.34. The molecule has 0 aromatic heterocycles. The maximum atomic E-state index is 13.3. The van der Waals surface area contributed by atoms with Crippen molar-refractivity contribution >= 4 is 15.9 Å². The highest BCUT2D eigenvalue weighted by Gasteiger charge is 2.45. The van der Waals surface area contributed by atoms with Crippen molar-refractivity contribution in [2.24, 2.45) is 11.1 Å². The van der Waals surface area contributed by atoms with Crippen LogP contribution in [0, 0.1) is 11.2 Å². The van der Waals surface area contributed by atoms with Crippen LogP contribution in [0.15, 0.2) is 22.7 Å². The van der Waals surface area contributed by atoms with Gasteiger partial charge in [0.15, 0.2) is 0 Å². The molecule has 94 valence electrons. The Labute approximate surface area is 111 Å². The summed E-state index contributed by atoms with van der Waals surface area (Å²) in [5.41, 5.74) is 7.42. The maximum absolute atomic E-state index is 13.3. The van der Waals surface area contributed by atoms with Gasteiger partial charge in [-0.15, -0.1) is 0 Å². The smallest absolute Gasteiger partial charge is 0.123 e. The van der Waals surface area contributed by atoms with Gasteiger partial charge in [0, 0.05) is 10.0 Å². The van der Waals surface area contributed by atoms with E-state index in [-0.39, 0.29) is 16.8 Å². The zero-order chi connectivity index (χ0) is 12.7. The molecule has 17 heavy (non-hydrogen) atoms. The lowest BCUT2D eigenvalue weighted by Crippen LogP contribution is -2.50. The normalized spacial score (nSPS) is 27.4. The second-order valence-electron chi connectivity index (χ2n) is 5.81. The van der Waals surface area contributed by atoms with Crippen LogP contribution in [0.1, 0.15) is 38.7 Å². The van der Waals surface area contributed by atoms with E-state index in [2.05, 4.69) is 29.8 Å². The van der Waals surface area contributed by atoms with Crippen LogP contribution in [0.2, 0.25) is 0 Å². The molecule has 1 aliphatic carbocycles. The third kappa shape index (κ3) is 2.41. The molecule has 1 atom stereocenters. The standard InChI is InChI=1S/C14H19BrFN/c1-13(2)6-3-7-14(13,17)9-10-8-11(16)4-5-12(10)15/h4-5,8H,3,6-7,9,17H2,1-2H3. The first kappa shape index (κ1) is 13.0. The molecule has 1 saturated carbocycles. The fourth-order valence-corrected chi connectivity index (χ4v) is 3.17. The van der Waals surface area contributed by atoms with Gasteiger partial charge < -0.3 is 5.73 Å². The third-order valence-corrected chi connectivity index (χ3v) is 5.06. The summed E-state index contributed by atoms with van der Waals surface area (Å²) in [6.07, 6.45) is 4.06. The van der Waals surface area contributed by atoms with Crippen LogP contribution < -0.4 is 5.73 Å². The van der Waals surface area contributed by atoms with Crippen molar-refractivity contribution in [3.05, 3.63) is 34.1 Å². The van der Waals surface area contributed by atoms with Gasteiger partial charge in [0.1, 0.15) is 5.82 Å². The highest BCUT2D eigenvalue weighted by molar-refractivity contribution is 9.10. The highest BCUT2D eigenvalue weighted by Crippen LogP contribution is 2.46. The molecule has 2 rings (SSSR count).